The molecule has 0 radical (unpaired) electrons. The van der Waals surface area contributed by atoms with Crippen molar-refractivity contribution in [1.82, 2.24) is 0 Å². The second-order valence-corrected chi connectivity index (χ2v) is 22.7. The van der Waals surface area contributed by atoms with Crippen LogP contribution in [0, 0.1) is 0 Å². The van der Waals surface area contributed by atoms with Crippen LogP contribution in [0.4, 0.5) is 11.4 Å². The first kappa shape index (κ1) is 43.3. The molecule has 1 nitrogen and oxygen atoms in total. The van der Waals surface area contributed by atoms with Gasteiger partial charge in [-0.2, -0.15) is 0 Å². The lowest BCUT2D eigenvalue weighted by Gasteiger charge is -2.51. The van der Waals surface area contributed by atoms with E-state index in [0.717, 1.165) is 6.42 Å². The van der Waals surface area contributed by atoms with Crippen LogP contribution >= 0.6 is 11.3 Å². The average Bonchev–Trinajstić information content (AvgIpc) is 4.11. The van der Waals surface area contributed by atoms with Gasteiger partial charge in [0.25, 0.3) is 0 Å². The SMILES string of the molecule is CC1(C)c2ccccc2-c2ccc(N(c3ccccc3C3(c4ccccc4)c4ccccc4C4(c5ccccc5)c5ccccc5-c5cccc3c54)C3(C)C=CC(c4cccc5c4sc4ccccc45)=CC3)cc21. The number of para-hydroxylation sites is 1. The smallest absolute Gasteiger partial charge is 0.0728 e. The van der Waals surface area contributed by atoms with Gasteiger partial charge in [-0.1, -0.05) is 244 Å². The summed E-state index contributed by atoms with van der Waals surface area (Å²) in [4.78, 5) is 2.72. The van der Waals surface area contributed by atoms with Gasteiger partial charge in [-0.25, -0.2) is 0 Å². The number of hydrogen-bond acceptors (Lipinski definition) is 2. The van der Waals surface area contributed by atoms with Crippen molar-refractivity contribution in [2.75, 3.05) is 4.90 Å². The number of nitrogens with zero attached hydrogens (tertiary/aromatic N) is 1. The minimum absolute atomic E-state index is 0.180. The quantitative estimate of drug-likeness (QED) is 0.154. The summed E-state index contributed by atoms with van der Waals surface area (Å²) in [6.07, 6.45) is 8.25. The zero-order valence-corrected chi connectivity index (χ0v) is 42.6. The highest BCUT2D eigenvalue weighted by atomic mass is 32.1. The number of thiophene rings is 1. The van der Waals surface area contributed by atoms with Gasteiger partial charge in [-0.3, -0.25) is 0 Å². The lowest BCUT2D eigenvalue weighted by atomic mass is 9.51. The highest BCUT2D eigenvalue weighted by molar-refractivity contribution is 7.26. The molecule has 3 atom stereocenters. The van der Waals surface area contributed by atoms with Gasteiger partial charge >= 0.3 is 0 Å². The van der Waals surface area contributed by atoms with E-state index in [1.54, 1.807) is 0 Å². The van der Waals surface area contributed by atoms with Crippen LogP contribution < -0.4 is 4.90 Å². The van der Waals surface area contributed by atoms with E-state index in [9.17, 15) is 0 Å². The number of fused-ring (bicyclic) bond motifs is 11. The molecule has 0 amide bonds. The van der Waals surface area contributed by atoms with Gasteiger partial charge < -0.3 is 4.90 Å². The maximum absolute atomic E-state index is 2.72. The number of anilines is 2. The monoisotopic (exact) mass is 963 g/mol. The molecule has 0 N–H and O–H groups in total. The van der Waals surface area contributed by atoms with Crippen LogP contribution in [-0.4, -0.2) is 5.54 Å². The average molecular weight is 964 g/mol. The van der Waals surface area contributed by atoms with E-state index in [-0.39, 0.29) is 5.41 Å². The van der Waals surface area contributed by atoms with Gasteiger partial charge in [0.1, 0.15) is 0 Å². The van der Waals surface area contributed by atoms with Gasteiger partial charge in [-0.15, -0.1) is 11.3 Å². The van der Waals surface area contributed by atoms with Crippen LogP contribution in [0.2, 0.25) is 0 Å². The maximum atomic E-state index is 2.72. The summed E-state index contributed by atoms with van der Waals surface area (Å²) in [5.74, 6) is 0. The van der Waals surface area contributed by atoms with Crippen LogP contribution in [0.15, 0.2) is 255 Å². The first-order valence-corrected chi connectivity index (χ1v) is 27.0. The third-order valence-electron chi connectivity index (χ3n) is 17.6. The zero-order chi connectivity index (χ0) is 49.4. The Morgan fingerprint density at radius 3 is 1.69 bits per heavy atom. The molecule has 3 unspecified atom stereocenters. The predicted molar refractivity (Wildman–Crippen MR) is 311 cm³/mol. The molecule has 15 rings (SSSR count). The Bertz CT molecular complexity index is 4170. The molecular formula is C72H53NS. The molecule has 4 aliphatic rings. The highest BCUT2D eigenvalue weighted by Gasteiger charge is 2.58. The van der Waals surface area contributed by atoms with Crippen molar-refractivity contribution >= 4 is 48.5 Å². The van der Waals surface area contributed by atoms with Crippen molar-refractivity contribution in [3.8, 4) is 22.3 Å². The molecule has 11 aromatic rings. The Morgan fingerprint density at radius 2 is 0.946 bits per heavy atom. The fraction of sp³-hybridized carbons (Fsp3) is 0.111. The lowest BCUT2D eigenvalue weighted by Crippen LogP contribution is -2.47. The summed E-state index contributed by atoms with van der Waals surface area (Å²) in [7, 11) is 0. The molecule has 10 aromatic carbocycles. The van der Waals surface area contributed by atoms with Crippen LogP contribution in [0.1, 0.15) is 88.4 Å². The summed E-state index contributed by atoms with van der Waals surface area (Å²) < 4.78 is 2.68. The lowest BCUT2D eigenvalue weighted by molar-refractivity contribution is 0.562. The standard InChI is InChI=1S/C72H53NS/c1-69(2)58-32-13-10-26-52(58)54-41-40-50(46-64(54)69)73(70(3)44-42-47(43-45-70)51-29-20-31-57-55-28-12-19-39-66(55)74-68(51)57)65-38-18-17-36-62(65)71(48-22-6-4-7-23-48)60-34-15-16-35-61(60)72(49-24-8-5-9-25-49)59-33-14-11-27-53(59)56-30-21-37-63(71)67(56)72/h4-44,46H,45H2,1-3H3. The van der Waals surface area contributed by atoms with E-state index in [4.69, 9.17) is 0 Å². The Labute approximate surface area is 438 Å². The Kier molecular flexibility index (Phi) is 9.27. The third kappa shape index (κ3) is 5.69. The minimum Gasteiger partial charge on any atom is -0.331 e. The van der Waals surface area contributed by atoms with Crippen molar-refractivity contribution in [2.24, 2.45) is 0 Å². The molecule has 1 aromatic heterocycles. The van der Waals surface area contributed by atoms with Crippen molar-refractivity contribution < 1.29 is 0 Å². The minimum atomic E-state index is -0.739. The van der Waals surface area contributed by atoms with Gasteiger partial charge in [0, 0.05) is 37.0 Å². The Morgan fingerprint density at radius 1 is 0.405 bits per heavy atom. The Balaban J connectivity index is 1.01. The van der Waals surface area contributed by atoms with Gasteiger partial charge in [0.15, 0.2) is 0 Å². The molecule has 0 fully saturated rings. The van der Waals surface area contributed by atoms with Gasteiger partial charge in [-0.05, 0) is 127 Å². The molecule has 352 valence electrons. The van der Waals surface area contributed by atoms with Crippen molar-refractivity contribution in [3.63, 3.8) is 0 Å². The fourth-order valence-corrected chi connectivity index (χ4v) is 15.6. The summed E-state index contributed by atoms with van der Waals surface area (Å²) in [6.45, 7) is 7.27. The zero-order valence-electron chi connectivity index (χ0n) is 41.8. The van der Waals surface area contributed by atoms with Crippen molar-refractivity contribution in [2.45, 2.75) is 49.0 Å². The predicted octanol–water partition coefficient (Wildman–Crippen LogP) is 18.4. The molecule has 4 aliphatic carbocycles. The summed E-state index contributed by atoms with van der Waals surface area (Å²) >= 11 is 1.91. The molecule has 0 spiro atoms. The number of benzene rings is 10. The maximum Gasteiger partial charge on any atom is 0.0728 e. The summed E-state index contributed by atoms with van der Waals surface area (Å²) in [6, 6.07) is 90.0. The molecule has 0 aliphatic heterocycles. The van der Waals surface area contributed by atoms with Crippen LogP contribution in [0.25, 0.3) is 48.0 Å². The highest BCUT2D eigenvalue weighted by Crippen LogP contribution is 2.67. The van der Waals surface area contributed by atoms with E-state index in [1.807, 2.05) is 11.3 Å². The van der Waals surface area contributed by atoms with E-state index in [0.29, 0.717) is 0 Å². The normalized spacial score (nSPS) is 20.3. The number of rotatable bonds is 7. The topological polar surface area (TPSA) is 3.24 Å². The van der Waals surface area contributed by atoms with Gasteiger partial charge in [0.05, 0.1) is 16.4 Å². The molecule has 2 heteroatoms. The van der Waals surface area contributed by atoms with E-state index < -0.39 is 16.4 Å². The molecule has 0 bridgehead atoms. The fourth-order valence-electron chi connectivity index (χ4n) is 14.4. The van der Waals surface area contributed by atoms with E-state index in [1.165, 1.54) is 121 Å². The first-order chi connectivity index (χ1) is 36.3. The van der Waals surface area contributed by atoms with E-state index >= 15 is 0 Å². The largest absolute Gasteiger partial charge is 0.331 e. The third-order valence-corrected chi connectivity index (χ3v) is 18.8. The van der Waals surface area contributed by atoms with Crippen LogP contribution in [-0.2, 0) is 16.2 Å². The Hall–Kier alpha value is -8.30. The van der Waals surface area contributed by atoms with Crippen molar-refractivity contribution in [3.05, 3.63) is 316 Å². The van der Waals surface area contributed by atoms with Crippen LogP contribution in [0.3, 0.4) is 0 Å². The van der Waals surface area contributed by atoms with E-state index in [2.05, 4.69) is 280 Å². The summed E-state index contributed by atoms with van der Waals surface area (Å²) in [5.41, 5.74) is 21.5. The second kappa shape index (κ2) is 15.8. The van der Waals surface area contributed by atoms with Crippen molar-refractivity contribution in [1.29, 1.82) is 0 Å². The number of allylic oxidation sites excluding steroid dienone is 2. The first-order valence-electron chi connectivity index (χ1n) is 26.2. The molecule has 74 heavy (non-hydrogen) atoms. The van der Waals surface area contributed by atoms with Gasteiger partial charge in [0.2, 0.25) is 0 Å². The molecule has 0 saturated heterocycles. The number of hydrogen-bond donors (Lipinski definition) is 0. The molecular weight excluding hydrogens is 911 g/mol. The second-order valence-electron chi connectivity index (χ2n) is 21.6. The molecule has 1 heterocycles. The molecule has 0 saturated carbocycles. The van der Waals surface area contributed by atoms with Crippen LogP contribution in [0.5, 0.6) is 0 Å². The summed E-state index contributed by atoms with van der Waals surface area (Å²) in [5, 5.41) is 2.66.